The standard InChI is InChI=1S/C27H28ClN3O.C16H14ClNO/c1-29-26-10-6-5-9-24(26)25(27(29)20-32-23-13-11-21(28)12-14-23)19-30-15-17-31(18-16-30)22-7-3-2-4-8-22;1-18-14(10-12-4-2-3-5-16(12)18)11-19-15-8-6-13(17)7-9-15/h2-14H,15-20H2,1H3;2-10H,11H2,1H3. The predicted molar refractivity (Wildman–Crippen MR) is 211 cm³/mol. The summed E-state index contributed by atoms with van der Waals surface area (Å²) in [7, 11) is 4.20. The molecule has 7 aromatic rings. The van der Waals surface area contributed by atoms with Gasteiger partial charge in [0.05, 0.1) is 11.4 Å². The quantitative estimate of drug-likeness (QED) is 0.149. The molecule has 1 fully saturated rings. The van der Waals surface area contributed by atoms with Crippen molar-refractivity contribution in [2.24, 2.45) is 14.1 Å². The molecular formula is C43H42Cl2N4O2. The highest BCUT2D eigenvalue weighted by atomic mass is 35.5. The zero-order valence-electron chi connectivity index (χ0n) is 29.0. The van der Waals surface area contributed by atoms with Gasteiger partial charge in [0.25, 0.3) is 0 Å². The van der Waals surface area contributed by atoms with Crippen molar-refractivity contribution in [3.63, 3.8) is 0 Å². The largest absolute Gasteiger partial charge is 0.487 e. The molecule has 1 saturated heterocycles. The summed E-state index contributed by atoms with van der Waals surface area (Å²) in [5.74, 6) is 1.66. The molecule has 0 unspecified atom stereocenters. The zero-order chi connectivity index (χ0) is 35.2. The molecule has 0 atom stereocenters. The fourth-order valence-corrected chi connectivity index (χ4v) is 7.02. The van der Waals surface area contributed by atoms with Gasteiger partial charge in [-0.1, -0.05) is 77.8 Å². The Morgan fingerprint density at radius 2 is 1.14 bits per heavy atom. The molecule has 51 heavy (non-hydrogen) atoms. The molecule has 260 valence electrons. The maximum absolute atomic E-state index is 6.16. The third-order valence-electron chi connectivity index (χ3n) is 9.66. The van der Waals surface area contributed by atoms with Gasteiger partial charge in [0.2, 0.25) is 0 Å². The zero-order valence-corrected chi connectivity index (χ0v) is 30.5. The van der Waals surface area contributed by atoms with Crippen LogP contribution in [0.3, 0.4) is 0 Å². The molecule has 0 aliphatic carbocycles. The molecule has 8 rings (SSSR count). The van der Waals surface area contributed by atoms with Gasteiger partial charge >= 0.3 is 0 Å². The van der Waals surface area contributed by atoms with Crippen LogP contribution < -0.4 is 14.4 Å². The number of benzene rings is 5. The van der Waals surface area contributed by atoms with E-state index in [2.05, 4.69) is 106 Å². The molecule has 5 aromatic carbocycles. The number of aromatic nitrogens is 2. The number of aryl methyl sites for hydroxylation is 2. The number of rotatable bonds is 9. The highest BCUT2D eigenvalue weighted by molar-refractivity contribution is 6.30. The van der Waals surface area contributed by atoms with E-state index in [0.29, 0.717) is 13.2 Å². The van der Waals surface area contributed by atoms with Crippen molar-refractivity contribution >= 4 is 50.7 Å². The molecule has 1 aliphatic rings. The number of halogens is 2. The van der Waals surface area contributed by atoms with Gasteiger partial charge < -0.3 is 23.5 Å². The highest BCUT2D eigenvalue weighted by Crippen LogP contribution is 2.29. The first kappa shape index (κ1) is 34.6. The van der Waals surface area contributed by atoms with Gasteiger partial charge in [0.1, 0.15) is 24.7 Å². The SMILES string of the molecule is Cn1c(COc2ccc(Cl)cc2)c(CN2CCN(c3ccccc3)CC2)c2ccccc21.Cn1c(COc2ccc(Cl)cc2)cc2ccccc21. The molecule has 0 spiro atoms. The topological polar surface area (TPSA) is 34.8 Å². The van der Waals surface area contributed by atoms with Crippen LogP contribution in [0.15, 0.2) is 133 Å². The van der Waals surface area contributed by atoms with Crippen LogP contribution >= 0.6 is 23.2 Å². The second-order valence-electron chi connectivity index (χ2n) is 12.8. The van der Waals surface area contributed by atoms with Gasteiger partial charge in [-0.15, -0.1) is 0 Å². The molecule has 8 heteroatoms. The van der Waals surface area contributed by atoms with Crippen molar-refractivity contribution in [2.45, 2.75) is 19.8 Å². The van der Waals surface area contributed by atoms with Gasteiger partial charge in [-0.05, 0) is 89.8 Å². The second-order valence-corrected chi connectivity index (χ2v) is 13.7. The van der Waals surface area contributed by atoms with Gasteiger partial charge in [-0.25, -0.2) is 0 Å². The Bertz CT molecular complexity index is 2190. The van der Waals surface area contributed by atoms with Crippen LogP contribution in [-0.4, -0.2) is 40.2 Å². The third kappa shape index (κ3) is 8.20. The molecule has 3 heterocycles. The summed E-state index contributed by atoms with van der Waals surface area (Å²) in [5, 5.41) is 3.99. The number of para-hydroxylation sites is 3. The Kier molecular flexibility index (Phi) is 10.8. The second kappa shape index (κ2) is 16.0. The van der Waals surface area contributed by atoms with Crippen LogP contribution in [0.25, 0.3) is 21.8 Å². The summed E-state index contributed by atoms with van der Waals surface area (Å²) >= 11 is 11.9. The number of hydrogen-bond acceptors (Lipinski definition) is 4. The minimum Gasteiger partial charge on any atom is -0.487 e. The highest BCUT2D eigenvalue weighted by Gasteiger charge is 2.22. The lowest BCUT2D eigenvalue weighted by atomic mass is 10.1. The number of piperazine rings is 1. The summed E-state index contributed by atoms with van der Waals surface area (Å²) < 4.78 is 16.4. The lowest BCUT2D eigenvalue weighted by molar-refractivity contribution is 0.245. The Morgan fingerprint density at radius 3 is 1.78 bits per heavy atom. The molecule has 0 bridgehead atoms. The van der Waals surface area contributed by atoms with Crippen molar-refractivity contribution < 1.29 is 9.47 Å². The summed E-state index contributed by atoms with van der Waals surface area (Å²) in [6.07, 6.45) is 0. The average molecular weight is 718 g/mol. The normalized spacial score (nSPS) is 13.3. The maximum Gasteiger partial charge on any atom is 0.129 e. The van der Waals surface area contributed by atoms with E-state index in [1.165, 1.54) is 38.8 Å². The van der Waals surface area contributed by atoms with Crippen LogP contribution in [0, 0.1) is 0 Å². The van der Waals surface area contributed by atoms with Gasteiger partial charge in [0, 0.05) is 79.0 Å². The molecular weight excluding hydrogens is 675 g/mol. The van der Waals surface area contributed by atoms with Gasteiger partial charge in [-0.3, -0.25) is 4.90 Å². The number of anilines is 1. The van der Waals surface area contributed by atoms with E-state index < -0.39 is 0 Å². The van der Waals surface area contributed by atoms with Crippen molar-refractivity contribution in [1.29, 1.82) is 0 Å². The summed E-state index contributed by atoms with van der Waals surface area (Å²) in [4.78, 5) is 5.04. The van der Waals surface area contributed by atoms with Gasteiger partial charge in [0.15, 0.2) is 0 Å². The minimum atomic E-state index is 0.534. The van der Waals surface area contributed by atoms with Gasteiger partial charge in [-0.2, -0.15) is 0 Å². The van der Waals surface area contributed by atoms with Crippen molar-refractivity contribution in [2.75, 3.05) is 31.1 Å². The van der Waals surface area contributed by atoms with E-state index in [4.69, 9.17) is 32.7 Å². The Morgan fingerprint density at radius 1 is 0.569 bits per heavy atom. The lowest BCUT2D eigenvalue weighted by Gasteiger charge is -2.36. The first-order valence-electron chi connectivity index (χ1n) is 17.3. The predicted octanol–water partition coefficient (Wildman–Crippen LogP) is 10.1. The van der Waals surface area contributed by atoms with E-state index in [0.717, 1.165) is 60.0 Å². The molecule has 6 nitrogen and oxygen atoms in total. The fourth-order valence-electron chi connectivity index (χ4n) is 6.77. The summed E-state index contributed by atoms with van der Waals surface area (Å²) in [6.45, 7) is 6.21. The van der Waals surface area contributed by atoms with E-state index in [9.17, 15) is 0 Å². The van der Waals surface area contributed by atoms with E-state index in [-0.39, 0.29) is 0 Å². The lowest BCUT2D eigenvalue weighted by Crippen LogP contribution is -2.46. The van der Waals surface area contributed by atoms with Crippen LogP contribution in [-0.2, 0) is 33.9 Å². The number of hydrogen-bond donors (Lipinski definition) is 0. The smallest absolute Gasteiger partial charge is 0.129 e. The van der Waals surface area contributed by atoms with E-state index in [1.807, 2.05) is 60.7 Å². The van der Waals surface area contributed by atoms with E-state index in [1.54, 1.807) is 0 Å². The third-order valence-corrected chi connectivity index (χ3v) is 10.2. The minimum absolute atomic E-state index is 0.534. The van der Waals surface area contributed by atoms with Crippen molar-refractivity contribution in [1.82, 2.24) is 14.0 Å². The van der Waals surface area contributed by atoms with Crippen LogP contribution in [0.2, 0.25) is 10.0 Å². The molecule has 0 N–H and O–H groups in total. The van der Waals surface area contributed by atoms with Crippen molar-refractivity contribution in [3.8, 4) is 11.5 Å². The summed E-state index contributed by atoms with van der Waals surface area (Å²) in [5.41, 5.74) is 7.53. The number of nitrogens with zero attached hydrogens (tertiary/aromatic N) is 4. The molecule has 0 radical (unpaired) electrons. The summed E-state index contributed by atoms with van der Waals surface area (Å²) in [6, 6.07) is 44.9. The van der Waals surface area contributed by atoms with Crippen LogP contribution in [0.1, 0.15) is 17.0 Å². The first-order chi connectivity index (χ1) is 24.9. The molecule has 0 saturated carbocycles. The molecule has 1 aliphatic heterocycles. The van der Waals surface area contributed by atoms with Crippen LogP contribution in [0.4, 0.5) is 5.69 Å². The number of fused-ring (bicyclic) bond motifs is 2. The van der Waals surface area contributed by atoms with Crippen molar-refractivity contribution in [3.05, 3.63) is 160 Å². The van der Waals surface area contributed by atoms with Crippen LogP contribution in [0.5, 0.6) is 11.5 Å². The number of ether oxygens (including phenoxy) is 2. The Hall–Kier alpha value is -4.88. The first-order valence-corrected chi connectivity index (χ1v) is 18.1. The Labute approximate surface area is 309 Å². The monoisotopic (exact) mass is 716 g/mol. The fraction of sp³-hybridized carbons (Fsp3) is 0.209. The maximum atomic E-state index is 6.16. The Balaban J connectivity index is 0.000000182. The molecule has 2 aromatic heterocycles. The molecule has 0 amide bonds. The van der Waals surface area contributed by atoms with E-state index >= 15 is 0 Å². The average Bonchev–Trinajstić information content (AvgIpc) is 3.64.